The zero-order valence-electron chi connectivity index (χ0n) is 16.0. The molecule has 0 radical (unpaired) electrons. The molecule has 1 aromatic heterocycles. The average molecular weight is 439 g/mol. The Bertz CT molecular complexity index is 1290. The van der Waals surface area contributed by atoms with Crippen molar-refractivity contribution in [2.75, 3.05) is 5.32 Å². The average Bonchev–Trinajstić information content (AvgIpc) is 3.18. The van der Waals surface area contributed by atoms with Crippen molar-refractivity contribution >= 4 is 40.2 Å². The molecule has 0 bridgehead atoms. The summed E-state index contributed by atoms with van der Waals surface area (Å²) in [7, 11) is 0. The molecule has 4 N–H and O–H groups in total. The molecule has 4 rings (SSSR count). The number of hydrogen-bond donors (Lipinski definition) is 3. The number of carbonyl (C=O) groups excluding carboxylic acids is 2. The third-order valence-electron chi connectivity index (χ3n) is 4.63. The van der Waals surface area contributed by atoms with E-state index in [1.165, 1.54) is 18.2 Å². The quantitative estimate of drug-likeness (QED) is 0.419. The van der Waals surface area contributed by atoms with Crippen LogP contribution in [-0.2, 0) is 6.54 Å². The highest BCUT2D eigenvalue weighted by atomic mass is 35.5. The molecule has 31 heavy (non-hydrogen) atoms. The van der Waals surface area contributed by atoms with Crippen molar-refractivity contribution in [3.63, 3.8) is 0 Å². The minimum atomic E-state index is -0.640. The van der Waals surface area contributed by atoms with E-state index >= 15 is 0 Å². The fourth-order valence-corrected chi connectivity index (χ4v) is 3.33. The van der Waals surface area contributed by atoms with Gasteiger partial charge in [0.25, 0.3) is 0 Å². The van der Waals surface area contributed by atoms with Gasteiger partial charge >= 0.3 is 6.03 Å². The fourth-order valence-electron chi connectivity index (χ4n) is 3.20. The molecule has 3 aromatic carbocycles. The number of benzene rings is 3. The first-order valence-corrected chi connectivity index (χ1v) is 9.57. The molecule has 1 heterocycles. The minimum absolute atomic E-state index is 0.000389. The molecular weight excluding hydrogens is 423 g/mol. The van der Waals surface area contributed by atoms with Gasteiger partial charge in [0.1, 0.15) is 11.5 Å². The van der Waals surface area contributed by atoms with Gasteiger partial charge in [0.05, 0.1) is 10.9 Å². The van der Waals surface area contributed by atoms with Crippen LogP contribution < -0.4 is 16.4 Å². The number of nitrogens with zero attached hydrogens (tertiary/aromatic N) is 1. The van der Waals surface area contributed by atoms with Gasteiger partial charge in [0.2, 0.25) is 5.91 Å². The van der Waals surface area contributed by atoms with E-state index in [4.69, 9.17) is 21.9 Å². The zero-order chi connectivity index (χ0) is 22.0. The molecule has 0 spiro atoms. The lowest BCUT2D eigenvalue weighted by Crippen LogP contribution is -2.28. The van der Waals surface area contributed by atoms with E-state index in [2.05, 4.69) is 15.8 Å². The van der Waals surface area contributed by atoms with Crippen LogP contribution in [0.15, 0.2) is 65.2 Å². The number of nitrogens with one attached hydrogen (secondary N) is 2. The number of halogens is 2. The predicted octanol–water partition coefficient (Wildman–Crippen LogP) is 4.71. The Morgan fingerprint density at radius 3 is 2.61 bits per heavy atom. The first kappa shape index (κ1) is 20.4. The second kappa shape index (κ2) is 8.45. The summed E-state index contributed by atoms with van der Waals surface area (Å²) in [6.07, 6.45) is 0. The number of urea groups is 1. The highest BCUT2D eigenvalue weighted by molar-refractivity contribution is 6.30. The number of aromatic nitrogens is 1. The molecule has 3 amide bonds. The van der Waals surface area contributed by atoms with E-state index in [0.717, 1.165) is 0 Å². The van der Waals surface area contributed by atoms with Crippen LogP contribution in [0.1, 0.15) is 15.9 Å². The van der Waals surface area contributed by atoms with Crippen molar-refractivity contribution in [3.05, 3.63) is 82.6 Å². The largest absolute Gasteiger partial charge is 0.366 e. The molecule has 0 unspecified atom stereocenters. The number of nitrogens with two attached hydrogens (primary N) is 1. The zero-order valence-corrected chi connectivity index (χ0v) is 16.7. The van der Waals surface area contributed by atoms with Crippen LogP contribution in [0.5, 0.6) is 0 Å². The van der Waals surface area contributed by atoms with Gasteiger partial charge in [0, 0.05) is 22.8 Å². The lowest BCUT2D eigenvalue weighted by Gasteiger charge is -2.11. The Balaban J connectivity index is 1.63. The maximum Gasteiger partial charge on any atom is 0.319 e. The summed E-state index contributed by atoms with van der Waals surface area (Å²) in [6.45, 7) is -0.000389. The number of fused-ring (bicyclic) bond motifs is 1. The van der Waals surface area contributed by atoms with E-state index in [1.807, 2.05) is 0 Å². The number of primary amides is 1. The van der Waals surface area contributed by atoms with Crippen molar-refractivity contribution in [2.24, 2.45) is 5.73 Å². The molecule has 7 nitrogen and oxygen atoms in total. The summed E-state index contributed by atoms with van der Waals surface area (Å²) in [5.74, 6) is -1.12. The molecule has 0 aliphatic heterocycles. The van der Waals surface area contributed by atoms with E-state index in [-0.39, 0.29) is 12.1 Å². The van der Waals surface area contributed by atoms with Gasteiger partial charge < -0.3 is 20.9 Å². The van der Waals surface area contributed by atoms with Crippen LogP contribution in [0.4, 0.5) is 14.9 Å². The summed E-state index contributed by atoms with van der Waals surface area (Å²) < 4.78 is 19.3. The molecule has 0 saturated carbocycles. The number of carbonyl (C=O) groups is 2. The molecule has 4 aromatic rings. The maximum atomic E-state index is 14.0. The third kappa shape index (κ3) is 4.34. The van der Waals surface area contributed by atoms with E-state index in [0.29, 0.717) is 38.5 Å². The molecular formula is C22H16ClFN4O3. The Labute approximate surface area is 181 Å². The summed E-state index contributed by atoms with van der Waals surface area (Å²) in [6, 6.07) is 15.0. The molecule has 0 fully saturated rings. The van der Waals surface area contributed by atoms with Crippen molar-refractivity contribution in [2.45, 2.75) is 6.54 Å². The van der Waals surface area contributed by atoms with Crippen LogP contribution in [-0.4, -0.2) is 17.1 Å². The van der Waals surface area contributed by atoms with Gasteiger partial charge in [-0.15, -0.1) is 0 Å². The van der Waals surface area contributed by atoms with Crippen LogP contribution in [0.25, 0.3) is 22.2 Å². The molecule has 0 aliphatic carbocycles. The number of amides is 3. The van der Waals surface area contributed by atoms with Gasteiger partial charge in [-0.3, -0.25) is 4.79 Å². The third-order valence-corrected chi connectivity index (χ3v) is 4.88. The topological polar surface area (TPSA) is 110 Å². The molecule has 0 atom stereocenters. The van der Waals surface area contributed by atoms with Gasteiger partial charge in [-0.1, -0.05) is 22.8 Å². The highest BCUT2D eigenvalue weighted by Gasteiger charge is 2.20. The number of rotatable bonds is 5. The molecule has 156 valence electrons. The normalized spacial score (nSPS) is 10.8. The Morgan fingerprint density at radius 1 is 1.10 bits per heavy atom. The lowest BCUT2D eigenvalue weighted by molar-refractivity contribution is 0.100. The monoisotopic (exact) mass is 438 g/mol. The summed E-state index contributed by atoms with van der Waals surface area (Å²) in [5.41, 5.74) is 7.92. The predicted molar refractivity (Wildman–Crippen MR) is 115 cm³/mol. The molecule has 9 heteroatoms. The Morgan fingerprint density at radius 2 is 1.87 bits per heavy atom. The SMILES string of the molecule is NC(=O)c1cccc2onc(-c3ccc(F)cc3CNC(=O)Nc3ccc(Cl)cc3)c12. The Hall–Kier alpha value is -3.91. The first-order valence-electron chi connectivity index (χ1n) is 9.20. The fraction of sp³-hybridized carbons (Fsp3) is 0.0455. The second-order valence-corrected chi connectivity index (χ2v) is 7.13. The van der Waals surface area contributed by atoms with Crippen LogP contribution in [0, 0.1) is 5.82 Å². The van der Waals surface area contributed by atoms with E-state index < -0.39 is 17.8 Å². The van der Waals surface area contributed by atoms with Crippen molar-refractivity contribution < 1.29 is 18.5 Å². The first-order chi connectivity index (χ1) is 14.9. The summed E-state index contributed by atoms with van der Waals surface area (Å²) >= 11 is 5.84. The molecule has 0 saturated heterocycles. The van der Waals surface area contributed by atoms with E-state index in [9.17, 15) is 14.0 Å². The van der Waals surface area contributed by atoms with Gasteiger partial charge in [0.15, 0.2) is 5.58 Å². The summed E-state index contributed by atoms with van der Waals surface area (Å²) in [5, 5.41) is 10.4. The van der Waals surface area contributed by atoms with Crippen molar-refractivity contribution in [3.8, 4) is 11.3 Å². The Kier molecular flexibility index (Phi) is 5.55. The van der Waals surface area contributed by atoms with Crippen molar-refractivity contribution in [1.29, 1.82) is 0 Å². The van der Waals surface area contributed by atoms with E-state index in [1.54, 1.807) is 42.5 Å². The lowest BCUT2D eigenvalue weighted by atomic mass is 9.98. The highest BCUT2D eigenvalue weighted by Crippen LogP contribution is 2.33. The standard InChI is InChI=1S/C22H16ClFN4O3/c23-13-4-7-15(8-5-13)27-22(30)26-11-12-10-14(24)6-9-16(12)20-19-17(21(25)29)2-1-3-18(19)31-28-20/h1-10H,11H2,(H2,25,29)(H2,26,27,30). The van der Waals surface area contributed by atoms with Gasteiger partial charge in [-0.05, 0) is 60.2 Å². The van der Waals surface area contributed by atoms with Crippen LogP contribution >= 0.6 is 11.6 Å². The second-order valence-electron chi connectivity index (χ2n) is 6.69. The number of anilines is 1. The van der Waals surface area contributed by atoms with Gasteiger partial charge in [-0.2, -0.15) is 0 Å². The smallest absolute Gasteiger partial charge is 0.319 e. The minimum Gasteiger partial charge on any atom is -0.366 e. The maximum absolute atomic E-state index is 14.0. The molecule has 0 aliphatic rings. The van der Waals surface area contributed by atoms with Crippen LogP contribution in [0.3, 0.4) is 0 Å². The van der Waals surface area contributed by atoms with Crippen molar-refractivity contribution in [1.82, 2.24) is 10.5 Å². The van der Waals surface area contributed by atoms with Gasteiger partial charge in [-0.25, -0.2) is 9.18 Å². The summed E-state index contributed by atoms with van der Waals surface area (Å²) in [4.78, 5) is 24.1. The van der Waals surface area contributed by atoms with Crippen LogP contribution in [0.2, 0.25) is 5.02 Å². The number of hydrogen-bond acceptors (Lipinski definition) is 4.